The van der Waals surface area contributed by atoms with Crippen LogP contribution in [0.2, 0.25) is 0 Å². The fourth-order valence-electron chi connectivity index (χ4n) is 0. The summed E-state index contributed by atoms with van der Waals surface area (Å²) in [7, 11) is 0. The molecule has 0 fully saturated rings. The molecule has 0 aromatic heterocycles. The molecule has 0 saturated heterocycles. The van der Waals surface area contributed by atoms with Crippen LogP contribution in [-0.2, 0) is 50.9 Å². The van der Waals surface area contributed by atoms with E-state index in [9.17, 15) is 0 Å². The summed E-state index contributed by atoms with van der Waals surface area (Å²) in [5.74, 6) is 0. The number of hydrogen-bond donors (Lipinski definition) is 0. The van der Waals surface area contributed by atoms with Gasteiger partial charge in [-0.05, 0) is 0 Å². The average molecular weight is 178 g/mol. The van der Waals surface area contributed by atoms with Gasteiger partial charge in [-0.15, -0.1) is 0 Å². The van der Waals surface area contributed by atoms with Crippen LogP contribution in [0.25, 0.3) is 0 Å². The molecule has 0 aromatic carbocycles. The van der Waals surface area contributed by atoms with Gasteiger partial charge in [0.1, 0.15) is 0 Å². The average Bonchev–Trinajstić information content (AvgIpc) is 0. The van der Waals surface area contributed by atoms with E-state index < -0.39 is 0 Å². The third-order valence-corrected chi connectivity index (χ3v) is 0. The van der Waals surface area contributed by atoms with Crippen LogP contribution in [0.1, 0.15) is 1.43 Å². The van der Waals surface area contributed by atoms with Gasteiger partial charge in [0, 0.05) is 50.9 Å². The summed E-state index contributed by atoms with van der Waals surface area (Å²) in [6.07, 6.45) is 0. The molecular formula is HCoFeLiMn. The first-order valence-corrected chi connectivity index (χ1v) is 0. The Morgan fingerprint density at radius 1 is 1.25 bits per heavy atom. The summed E-state index contributed by atoms with van der Waals surface area (Å²) in [4.78, 5) is 0. The minimum Gasteiger partial charge on any atom is -1.00 e. The van der Waals surface area contributed by atoms with Crippen LogP contribution < -0.4 is 18.9 Å². The van der Waals surface area contributed by atoms with Gasteiger partial charge in [-0.2, -0.15) is 0 Å². The van der Waals surface area contributed by atoms with E-state index in [0.717, 1.165) is 0 Å². The second kappa shape index (κ2) is 19.2. The minimum atomic E-state index is 0. The predicted molar refractivity (Wildman–Crippen MR) is 1.11 cm³/mol. The molecule has 0 bridgehead atoms. The van der Waals surface area contributed by atoms with Gasteiger partial charge in [0.25, 0.3) is 0 Å². The fourth-order valence-corrected chi connectivity index (χ4v) is 0. The van der Waals surface area contributed by atoms with E-state index in [1.54, 1.807) is 0 Å². The summed E-state index contributed by atoms with van der Waals surface area (Å²) in [5, 5.41) is 0. The predicted octanol–water partition coefficient (Wildman–Crippen LogP) is -2.89. The topological polar surface area (TPSA) is 0 Å². The zero-order valence-electron chi connectivity index (χ0n) is 3.06. The first-order valence-electron chi connectivity index (χ1n) is 0. The Kier molecular flexibility index (Phi) is 170. The Hall–Kier alpha value is 2.14. The van der Waals surface area contributed by atoms with Crippen molar-refractivity contribution in [1.29, 1.82) is 0 Å². The normalized spacial score (nSPS) is 0. The second-order valence-electron chi connectivity index (χ2n) is 0. The summed E-state index contributed by atoms with van der Waals surface area (Å²) in [6, 6.07) is 0. The maximum atomic E-state index is 0. The van der Waals surface area contributed by atoms with E-state index in [1.165, 1.54) is 0 Å². The molecule has 0 rings (SSSR count). The molecule has 4 heteroatoms. The van der Waals surface area contributed by atoms with E-state index in [2.05, 4.69) is 0 Å². The molecule has 0 aliphatic carbocycles. The van der Waals surface area contributed by atoms with Crippen LogP contribution in [0.5, 0.6) is 0 Å². The minimum absolute atomic E-state index is 0. The molecule has 0 N–H and O–H groups in total. The van der Waals surface area contributed by atoms with Crippen LogP contribution in [0.15, 0.2) is 0 Å². The monoisotopic (exact) mass is 178 g/mol. The molecule has 0 aliphatic rings. The quantitative estimate of drug-likeness (QED) is 0.349. The number of hydrogen-bond acceptors (Lipinski definition) is 0. The Morgan fingerprint density at radius 2 is 1.25 bits per heavy atom. The molecule has 0 saturated carbocycles. The van der Waals surface area contributed by atoms with Crippen molar-refractivity contribution in [2.75, 3.05) is 0 Å². The first kappa shape index (κ1) is 35.4. The summed E-state index contributed by atoms with van der Waals surface area (Å²) in [6.45, 7) is 0. The van der Waals surface area contributed by atoms with Gasteiger partial charge < -0.3 is 1.43 Å². The molecule has 4 heavy (non-hydrogen) atoms. The molecule has 0 amide bonds. The van der Waals surface area contributed by atoms with Gasteiger partial charge >= 0.3 is 18.9 Å². The van der Waals surface area contributed by atoms with Crippen LogP contribution in [0, 0.1) is 0 Å². The van der Waals surface area contributed by atoms with Gasteiger partial charge in [-0.3, -0.25) is 0 Å². The van der Waals surface area contributed by atoms with Crippen molar-refractivity contribution in [2.24, 2.45) is 0 Å². The standard InChI is InChI=1S/Co.Fe.Li.Mn.H/q;;+1;;-1. The molecular weight excluding hydrogens is 177 g/mol. The molecule has 0 nitrogen and oxygen atoms in total. The van der Waals surface area contributed by atoms with Crippen molar-refractivity contribution in [2.45, 2.75) is 0 Å². The molecule has 0 heterocycles. The summed E-state index contributed by atoms with van der Waals surface area (Å²) < 4.78 is 0. The van der Waals surface area contributed by atoms with Crippen molar-refractivity contribution in [1.82, 2.24) is 0 Å². The van der Waals surface area contributed by atoms with E-state index in [1.807, 2.05) is 0 Å². The molecule has 0 aliphatic heterocycles. The largest absolute Gasteiger partial charge is 1.00 e. The number of rotatable bonds is 0. The van der Waals surface area contributed by atoms with Gasteiger partial charge in [0.05, 0.1) is 0 Å². The van der Waals surface area contributed by atoms with Crippen LogP contribution in [0.4, 0.5) is 0 Å². The summed E-state index contributed by atoms with van der Waals surface area (Å²) in [5.41, 5.74) is 0. The Morgan fingerprint density at radius 3 is 1.25 bits per heavy atom. The molecule has 0 atom stereocenters. The van der Waals surface area contributed by atoms with Crippen LogP contribution >= 0.6 is 0 Å². The maximum Gasteiger partial charge on any atom is 1.00 e. The van der Waals surface area contributed by atoms with E-state index in [0.29, 0.717) is 0 Å². The Balaban J connectivity index is 0. The SMILES string of the molecule is [Co].[Fe].[H-].[Li+].[Mn]. The smallest absolute Gasteiger partial charge is 1.00 e. The van der Waals surface area contributed by atoms with E-state index in [-0.39, 0.29) is 71.2 Å². The Bertz CT molecular complexity index is 11.6. The fraction of sp³-hybridized carbons (Fsp3) is 0. The van der Waals surface area contributed by atoms with Gasteiger partial charge in [0.2, 0.25) is 0 Å². The molecule has 26 valence electrons. The van der Waals surface area contributed by atoms with Crippen molar-refractivity contribution in [3.05, 3.63) is 0 Å². The van der Waals surface area contributed by atoms with Gasteiger partial charge in [0.15, 0.2) is 0 Å². The molecule has 0 unspecified atom stereocenters. The first-order chi connectivity index (χ1) is 0. The third kappa shape index (κ3) is 8.91. The van der Waals surface area contributed by atoms with Gasteiger partial charge in [-0.1, -0.05) is 0 Å². The van der Waals surface area contributed by atoms with Gasteiger partial charge in [-0.25, -0.2) is 0 Å². The molecule has 0 spiro atoms. The zero-order chi connectivity index (χ0) is 0. The van der Waals surface area contributed by atoms with Crippen LogP contribution in [-0.4, -0.2) is 0 Å². The Labute approximate surface area is 70.7 Å². The van der Waals surface area contributed by atoms with E-state index >= 15 is 0 Å². The van der Waals surface area contributed by atoms with Crippen molar-refractivity contribution in [3.8, 4) is 0 Å². The van der Waals surface area contributed by atoms with E-state index in [4.69, 9.17) is 0 Å². The zero-order valence-corrected chi connectivity index (χ0v) is 5.39. The second-order valence-corrected chi connectivity index (χ2v) is 0. The van der Waals surface area contributed by atoms with Crippen molar-refractivity contribution in [3.63, 3.8) is 0 Å². The third-order valence-electron chi connectivity index (χ3n) is 0. The maximum absolute atomic E-state index is 0. The molecule has 2 radical (unpaired) electrons. The van der Waals surface area contributed by atoms with Crippen molar-refractivity contribution < 1.29 is 71.2 Å². The summed E-state index contributed by atoms with van der Waals surface area (Å²) >= 11 is 0. The van der Waals surface area contributed by atoms with Crippen molar-refractivity contribution >= 4 is 0 Å². The molecule has 0 aromatic rings. The van der Waals surface area contributed by atoms with Crippen LogP contribution in [0.3, 0.4) is 0 Å².